The Kier molecular flexibility index (Phi) is 5.19. The van der Waals surface area contributed by atoms with E-state index in [1.54, 1.807) is 0 Å². The normalized spacial score (nSPS) is 12.8. The molecule has 0 aliphatic rings. The summed E-state index contributed by atoms with van der Waals surface area (Å²) in [5, 5.41) is 0.264. The Labute approximate surface area is 194 Å². The van der Waals surface area contributed by atoms with E-state index in [0.29, 0.717) is 0 Å². The largest absolute Gasteiger partial charge is 0.402 e. The van der Waals surface area contributed by atoms with E-state index < -0.39 is 29.3 Å². The second-order valence-electron chi connectivity index (χ2n) is 7.90. The number of nitrogens with two attached hydrogens (primary N) is 1. The van der Waals surface area contributed by atoms with Gasteiger partial charge in [0, 0.05) is 23.3 Å². The number of pyridine rings is 3. The summed E-state index contributed by atoms with van der Waals surface area (Å²) in [7, 11) is 0. The molecular weight excluding hydrogens is 464 g/mol. The third kappa shape index (κ3) is 3.84. The maximum Gasteiger partial charge on any atom is 0.402 e. The third-order valence-electron chi connectivity index (χ3n) is 5.67. The molecule has 7 nitrogen and oxygen atoms in total. The van der Waals surface area contributed by atoms with E-state index in [-0.39, 0.29) is 50.1 Å². The van der Waals surface area contributed by atoms with Crippen molar-refractivity contribution in [3.8, 4) is 11.3 Å². The summed E-state index contributed by atoms with van der Waals surface area (Å²) in [5.74, 6) is -3.79. The maximum atomic E-state index is 14.7. The summed E-state index contributed by atoms with van der Waals surface area (Å²) in [6.07, 6.45) is -2.11. The van der Waals surface area contributed by atoms with Crippen LogP contribution in [0.25, 0.3) is 33.2 Å². The van der Waals surface area contributed by atoms with Crippen molar-refractivity contribution in [2.45, 2.75) is 19.0 Å². The summed E-state index contributed by atoms with van der Waals surface area (Å²) >= 11 is 0. The lowest BCUT2D eigenvalue weighted by molar-refractivity contribution is -0.142. The SMILES string of the molecule is Cc1c(F)ccc2cc([C@H](c3nc(N)c4ncccc4n3)C(F)(F)F)c(-c3ccc[nH]c3=O)nc12. The van der Waals surface area contributed by atoms with Crippen LogP contribution >= 0.6 is 0 Å². The number of H-pyrrole nitrogens is 1. The van der Waals surface area contributed by atoms with Gasteiger partial charge in [0.25, 0.3) is 5.56 Å². The van der Waals surface area contributed by atoms with Gasteiger partial charge in [-0.15, -0.1) is 0 Å². The second-order valence-corrected chi connectivity index (χ2v) is 7.90. The van der Waals surface area contributed by atoms with E-state index in [2.05, 4.69) is 24.9 Å². The van der Waals surface area contributed by atoms with Crippen molar-refractivity contribution in [1.82, 2.24) is 24.9 Å². The highest BCUT2D eigenvalue weighted by atomic mass is 19.4. The molecule has 0 bridgehead atoms. The van der Waals surface area contributed by atoms with Gasteiger partial charge in [0.2, 0.25) is 0 Å². The minimum absolute atomic E-state index is 0.113. The molecule has 0 aliphatic heterocycles. The van der Waals surface area contributed by atoms with Crippen molar-refractivity contribution < 1.29 is 17.6 Å². The van der Waals surface area contributed by atoms with Crippen molar-refractivity contribution >= 4 is 27.8 Å². The molecule has 0 saturated heterocycles. The highest BCUT2D eigenvalue weighted by molar-refractivity contribution is 5.87. The molecule has 0 saturated carbocycles. The lowest BCUT2D eigenvalue weighted by atomic mass is 9.91. The zero-order valence-electron chi connectivity index (χ0n) is 18.1. The Bertz CT molecular complexity index is 1660. The summed E-state index contributed by atoms with van der Waals surface area (Å²) in [6, 6.07) is 9.52. The number of hydrogen-bond acceptors (Lipinski definition) is 6. The molecule has 35 heavy (non-hydrogen) atoms. The minimum atomic E-state index is -4.89. The molecule has 5 aromatic rings. The number of benzene rings is 1. The topological polar surface area (TPSA) is 110 Å². The zero-order chi connectivity index (χ0) is 24.9. The van der Waals surface area contributed by atoms with Crippen LogP contribution in [-0.4, -0.2) is 31.1 Å². The quantitative estimate of drug-likeness (QED) is 0.364. The average Bonchev–Trinajstić information content (AvgIpc) is 2.81. The van der Waals surface area contributed by atoms with Gasteiger partial charge in [0.05, 0.1) is 22.3 Å². The molecule has 0 unspecified atom stereocenters. The Balaban J connectivity index is 1.88. The van der Waals surface area contributed by atoms with Gasteiger partial charge in [-0.1, -0.05) is 0 Å². The number of fused-ring (bicyclic) bond motifs is 2. The minimum Gasteiger partial charge on any atom is -0.382 e. The van der Waals surface area contributed by atoms with Crippen LogP contribution in [0.5, 0.6) is 0 Å². The number of nitrogens with zero attached hydrogens (tertiary/aromatic N) is 4. The first-order chi connectivity index (χ1) is 16.6. The summed E-state index contributed by atoms with van der Waals surface area (Å²) < 4.78 is 58.2. The van der Waals surface area contributed by atoms with E-state index in [1.165, 1.54) is 55.7 Å². The second kappa shape index (κ2) is 8.12. The summed E-state index contributed by atoms with van der Waals surface area (Å²) in [4.78, 5) is 31.4. The highest BCUT2D eigenvalue weighted by Gasteiger charge is 2.46. The number of aromatic nitrogens is 5. The van der Waals surface area contributed by atoms with Crippen LogP contribution in [0, 0.1) is 12.7 Å². The smallest absolute Gasteiger partial charge is 0.382 e. The molecular formula is C24H16F4N6O. The van der Waals surface area contributed by atoms with Crippen molar-refractivity contribution in [3.63, 3.8) is 0 Å². The van der Waals surface area contributed by atoms with Gasteiger partial charge in [-0.2, -0.15) is 13.2 Å². The Morgan fingerprint density at radius 2 is 1.83 bits per heavy atom. The number of rotatable bonds is 3. The first-order valence-electron chi connectivity index (χ1n) is 10.4. The lowest BCUT2D eigenvalue weighted by Crippen LogP contribution is -2.26. The number of alkyl halides is 3. The van der Waals surface area contributed by atoms with Crippen molar-refractivity contribution in [2.75, 3.05) is 5.73 Å². The number of anilines is 1. The van der Waals surface area contributed by atoms with Gasteiger partial charge in [-0.25, -0.2) is 19.3 Å². The number of hydrogen-bond donors (Lipinski definition) is 2. The van der Waals surface area contributed by atoms with Crippen LogP contribution < -0.4 is 11.3 Å². The van der Waals surface area contributed by atoms with Crippen molar-refractivity contribution in [1.29, 1.82) is 0 Å². The molecule has 11 heteroatoms. The van der Waals surface area contributed by atoms with Gasteiger partial charge in [-0.3, -0.25) is 9.78 Å². The average molecular weight is 480 g/mol. The number of nitrogens with one attached hydrogen (secondary N) is 1. The van der Waals surface area contributed by atoms with Gasteiger partial charge < -0.3 is 10.7 Å². The van der Waals surface area contributed by atoms with Gasteiger partial charge in [0.15, 0.2) is 5.82 Å². The molecule has 4 aromatic heterocycles. The summed E-state index contributed by atoms with van der Waals surface area (Å²) in [6.45, 7) is 1.46. The van der Waals surface area contributed by atoms with E-state index in [1.807, 2.05) is 0 Å². The Morgan fingerprint density at radius 1 is 1.03 bits per heavy atom. The number of halogens is 4. The molecule has 0 aliphatic carbocycles. The number of aryl methyl sites for hydroxylation is 1. The Hall–Kier alpha value is -4.41. The molecule has 0 fully saturated rings. The molecule has 1 atom stereocenters. The van der Waals surface area contributed by atoms with E-state index in [9.17, 15) is 22.4 Å². The number of aromatic amines is 1. The van der Waals surface area contributed by atoms with Crippen LogP contribution in [0.1, 0.15) is 22.9 Å². The molecule has 0 amide bonds. The van der Waals surface area contributed by atoms with E-state index in [4.69, 9.17) is 5.73 Å². The molecule has 0 radical (unpaired) electrons. The van der Waals surface area contributed by atoms with Crippen molar-refractivity contribution in [2.24, 2.45) is 0 Å². The van der Waals surface area contributed by atoms with Crippen LogP contribution in [0.4, 0.5) is 23.4 Å². The number of nitrogen functional groups attached to an aromatic ring is 1. The Morgan fingerprint density at radius 3 is 2.57 bits per heavy atom. The van der Waals surface area contributed by atoms with Gasteiger partial charge >= 0.3 is 6.18 Å². The monoisotopic (exact) mass is 480 g/mol. The van der Waals surface area contributed by atoms with Crippen LogP contribution in [-0.2, 0) is 0 Å². The fraction of sp³-hybridized carbons (Fsp3) is 0.125. The van der Waals surface area contributed by atoms with E-state index in [0.717, 1.165) is 6.07 Å². The summed E-state index contributed by atoms with van der Waals surface area (Å²) in [5.41, 5.74) is 5.11. The van der Waals surface area contributed by atoms with Gasteiger partial charge in [-0.05, 0) is 55.0 Å². The highest BCUT2D eigenvalue weighted by Crippen LogP contribution is 2.43. The van der Waals surface area contributed by atoms with Gasteiger partial charge in [0.1, 0.15) is 23.1 Å². The third-order valence-corrected chi connectivity index (χ3v) is 5.67. The predicted molar refractivity (Wildman–Crippen MR) is 122 cm³/mol. The maximum absolute atomic E-state index is 14.7. The molecule has 176 valence electrons. The molecule has 3 N–H and O–H groups in total. The lowest BCUT2D eigenvalue weighted by Gasteiger charge is -2.23. The zero-order valence-corrected chi connectivity index (χ0v) is 18.1. The molecule has 4 heterocycles. The van der Waals surface area contributed by atoms with Crippen LogP contribution in [0.15, 0.2) is 59.7 Å². The molecule has 1 aromatic carbocycles. The first-order valence-corrected chi connectivity index (χ1v) is 10.4. The van der Waals surface area contributed by atoms with E-state index >= 15 is 0 Å². The fourth-order valence-corrected chi connectivity index (χ4v) is 4.02. The fourth-order valence-electron chi connectivity index (χ4n) is 4.02. The van der Waals surface area contributed by atoms with Crippen molar-refractivity contribution in [3.05, 3.63) is 88.0 Å². The molecule has 0 spiro atoms. The first kappa shape index (κ1) is 22.4. The van der Waals surface area contributed by atoms with Crippen LogP contribution in [0.3, 0.4) is 0 Å². The predicted octanol–water partition coefficient (Wildman–Crippen LogP) is 4.65. The van der Waals surface area contributed by atoms with Crippen LogP contribution in [0.2, 0.25) is 0 Å². The standard InChI is InChI=1S/C24H16F4N6O/c1-11-15(25)7-6-12-10-14(19(33-18(11)12)13-4-2-9-31-23(13)35)17(24(26,27)28)22-32-16-5-3-8-30-20(16)21(29)34-22/h2-10,17H,1H3,(H,31,35)(H2,29,32,34)/t17-/m1/s1. The molecule has 5 rings (SSSR count).